The van der Waals surface area contributed by atoms with Gasteiger partial charge >= 0.3 is 5.63 Å². The molecule has 0 saturated carbocycles. The molecular formula is C22H27ClN2O4. The van der Waals surface area contributed by atoms with E-state index in [1.807, 2.05) is 17.0 Å². The van der Waals surface area contributed by atoms with Gasteiger partial charge in [-0.25, -0.2) is 4.79 Å². The molecule has 29 heavy (non-hydrogen) atoms. The number of hydrogen-bond donors (Lipinski definition) is 1. The van der Waals surface area contributed by atoms with E-state index in [2.05, 4.69) is 5.32 Å². The van der Waals surface area contributed by atoms with Crippen molar-refractivity contribution in [1.82, 2.24) is 10.2 Å². The average Bonchev–Trinajstić information content (AvgIpc) is 3.29. The Labute approximate surface area is 176 Å². The van der Waals surface area contributed by atoms with Crippen LogP contribution in [0.15, 0.2) is 27.4 Å². The SMILES string of the molecule is CC(Oc1ccc2c3c(c(=O)oc2c1)CCCC3)C(=O)N1C[C@H]2CNC[C@H]2C1.Cl. The highest BCUT2D eigenvalue weighted by Crippen LogP contribution is 2.30. The Hall–Kier alpha value is -2.05. The molecule has 1 N–H and O–H groups in total. The van der Waals surface area contributed by atoms with Gasteiger partial charge in [0.05, 0.1) is 0 Å². The van der Waals surface area contributed by atoms with Crippen LogP contribution in [0.3, 0.4) is 0 Å². The molecular weight excluding hydrogens is 392 g/mol. The second kappa shape index (κ2) is 8.00. The van der Waals surface area contributed by atoms with E-state index >= 15 is 0 Å². The molecule has 0 bridgehead atoms. The van der Waals surface area contributed by atoms with Gasteiger partial charge in [-0.15, -0.1) is 12.4 Å². The molecule has 2 aliphatic heterocycles. The fourth-order valence-corrected chi connectivity index (χ4v) is 5.05. The van der Waals surface area contributed by atoms with Gasteiger partial charge in [0.2, 0.25) is 0 Å². The Bertz CT molecular complexity index is 977. The summed E-state index contributed by atoms with van der Waals surface area (Å²) in [7, 11) is 0. The maximum absolute atomic E-state index is 12.8. The molecule has 2 aromatic rings. The van der Waals surface area contributed by atoms with Crippen LogP contribution >= 0.6 is 12.4 Å². The first-order chi connectivity index (χ1) is 13.6. The Morgan fingerprint density at radius 1 is 1.17 bits per heavy atom. The molecule has 1 aromatic carbocycles. The predicted molar refractivity (Wildman–Crippen MR) is 113 cm³/mol. The molecule has 3 heterocycles. The molecule has 0 radical (unpaired) electrons. The fourth-order valence-electron chi connectivity index (χ4n) is 5.05. The third-order valence-corrected chi connectivity index (χ3v) is 6.56. The minimum absolute atomic E-state index is 0. The van der Waals surface area contributed by atoms with E-state index in [1.165, 1.54) is 0 Å². The van der Waals surface area contributed by atoms with Gasteiger partial charge in [0, 0.05) is 43.2 Å². The number of carbonyl (C=O) groups is 1. The Kier molecular flexibility index (Phi) is 5.58. The number of carbonyl (C=O) groups excluding carboxylic acids is 1. The lowest BCUT2D eigenvalue weighted by Crippen LogP contribution is -2.40. The zero-order valence-corrected chi connectivity index (χ0v) is 17.4. The predicted octanol–water partition coefficient (Wildman–Crippen LogP) is 2.54. The summed E-state index contributed by atoms with van der Waals surface area (Å²) in [6, 6.07) is 5.59. The number of amides is 1. The number of halogens is 1. The molecule has 1 amide bonds. The number of nitrogens with zero attached hydrogens (tertiary/aromatic N) is 1. The molecule has 156 valence electrons. The highest BCUT2D eigenvalue weighted by molar-refractivity contribution is 5.85. The maximum atomic E-state index is 12.8. The number of ether oxygens (including phenoxy) is 1. The molecule has 7 heteroatoms. The number of hydrogen-bond acceptors (Lipinski definition) is 5. The van der Waals surface area contributed by atoms with Crippen molar-refractivity contribution < 1.29 is 13.9 Å². The Morgan fingerprint density at radius 3 is 2.59 bits per heavy atom. The first-order valence-corrected chi connectivity index (χ1v) is 10.3. The summed E-state index contributed by atoms with van der Waals surface area (Å²) in [6.45, 7) is 5.41. The van der Waals surface area contributed by atoms with Gasteiger partial charge in [-0.3, -0.25) is 4.79 Å². The van der Waals surface area contributed by atoms with E-state index in [0.717, 1.165) is 68.4 Å². The van der Waals surface area contributed by atoms with Crippen LogP contribution in [-0.2, 0) is 17.6 Å². The quantitative estimate of drug-likeness (QED) is 0.775. The zero-order chi connectivity index (χ0) is 19.3. The minimum atomic E-state index is -0.561. The second-order valence-corrected chi connectivity index (χ2v) is 8.39. The van der Waals surface area contributed by atoms with Crippen molar-refractivity contribution in [3.05, 3.63) is 39.7 Å². The van der Waals surface area contributed by atoms with Crippen LogP contribution in [0.2, 0.25) is 0 Å². The van der Waals surface area contributed by atoms with E-state index in [0.29, 0.717) is 23.2 Å². The standard InChI is InChI=1S/C22H26N2O4.ClH/c1-13(21(25)24-11-14-9-23-10-15(14)12-24)27-16-6-7-18-17-4-2-3-5-19(17)22(26)28-20(18)8-16;/h6-8,13-15,23H,2-5,9-12H2,1H3;1H/t13?,14-,15+;. The summed E-state index contributed by atoms with van der Waals surface area (Å²) in [5.41, 5.74) is 2.25. The van der Waals surface area contributed by atoms with E-state index in [1.54, 1.807) is 13.0 Å². The third-order valence-electron chi connectivity index (χ3n) is 6.56. The number of benzene rings is 1. The Morgan fingerprint density at radius 2 is 1.86 bits per heavy atom. The molecule has 1 aliphatic carbocycles. The van der Waals surface area contributed by atoms with Crippen molar-refractivity contribution in [2.45, 2.75) is 38.7 Å². The van der Waals surface area contributed by atoms with Crippen molar-refractivity contribution >= 4 is 29.3 Å². The molecule has 2 saturated heterocycles. The fraction of sp³-hybridized carbons (Fsp3) is 0.545. The third kappa shape index (κ3) is 3.64. The molecule has 2 fully saturated rings. The number of likely N-dealkylation sites (tertiary alicyclic amines) is 1. The van der Waals surface area contributed by atoms with Gasteiger partial charge in [-0.05, 0) is 62.1 Å². The first-order valence-electron chi connectivity index (χ1n) is 10.3. The molecule has 6 nitrogen and oxygen atoms in total. The Balaban J connectivity index is 0.00000205. The van der Waals surface area contributed by atoms with Crippen molar-refractivity contribution in [2.75, 3.05) is 26.2 Å². The van der Waals surface area contributed by atoms with Crippen molar-refractivity contribution in [3.8, 4) is 5.75 Å². The smallest absolute Gasteiger partial charge is 0.339 e. The van der Waals surface area contributed by atoms with Crippen molar-refractivity contribution in [3.63, 3.8) is 0 Å². The minimum Gasteiger partial charge on any atom is -0.481 e. The van der Waals surface area contributed by atoms with E-state index in [9.17, 15) is 9.59 Å². The van der Waals surface area contributed by atoms with Crippen molar-refractivity contribution in [2.24, 2.45) is 11.8 Å². The van der Waals surface area contributed by atoms with Crippen LogP contribution in [0.25, 0.3) is 11.0 Å². The summed E-state index contributed by atoms with van der Waals surface area (Å²) in [6.07, 6.45) is 3.29. The number of fused-ring (bicyclic) bond motifs is 4. The topological polar surface area (TPSA) is 71.8 Å². The summed E-state index contributed by atoms with van der Waals surface area (Å²) in [5, 5.41) is 4.38. The van der Waals surface area contributed by atoms with Crippen LogP contribution in [0.1, 0.15) is 30.9 Å². The van der Waals surface area contributed by atoms with Gasteiger partial charge in [0.1, 0.15) is 11.3 Å². The lowest BCUT2D eigenvalue weighted by Gasteiger charge is -2.23. The molecule has 5 rings (SSSR count). The number of nitrogens with one attached hydrogen (secondary N) is 1. The average molecular weight is 419 g/mol. The number of rotatable bonds is 3. The summed E-state index contributed by atoms with van der Waals surface area (Å²) in [5.74, 6) is 1.73. The maximum Gasteiger partial charge on any atom is 0.339 e. The lowest BCUT2D eigenvalue weighted by atomic mass is 9.91. The van der Waals surface area contributed by atoms with Crippen LogP contribution < -0.4 is 15.7 Å². The normalized spacial score (nSPS) is 24.0. The van der Waals surface area contributed by atoms with Gasteiger partial charge in [0.25, 0.3) is 5.91 Å². The van der Waals surface area contributed by atoms with Crippen LogP contribution in [-0.4, -0.2) is 43.1 Å². The summed E-state index contributed by atoms with van der Waals surface area (Å²) in [4.78, 5) is 27.0. The van der Waals surface area contributed by atoms with Crippen LogP contribution in [0.5, 0.6) is 5.75 Å². The molecule has 1 aromatic heterocycles. The first kappa shape index (κ1) is 20.2. The zero-order valence-electron chi connectivity index (χ0n) is 16.6. The van der Waals surface area contributed by atoms with Gasteiger partial charge < -0.3 is 19.4 Å². The highest BCUT2D eigenvalue weighted by atomic mass is 35.5. The van der Waals surface area contributed by atoms with Gasteiger partial charge in [0.15, 0.2) is 6.10 Å². The molecule has 3 aliphatic rings. The molecule has 0 spiro atoms. The van der Waals surface area contributed by atoms with Crippen molar-refractivity contribution in [1.29, 1.82) is 0 Å². The monoisotopic (exact) mass is 418 g/mol. The highest BCUT2D eigenvalue weighted by Gasteiger charge is 2.39. The molecule has 3 atom stereocenters. The number of aryl methyl sites for hydroxylation is 1. The molecule has 1 unspecified atom stereocenters. The van der Waals surface area contributed by atoms with Crippen LogP contribution in [0.4, 0.5) is 0 Å². The van der Waals surface area contributed by atoms with Gasteiger partial charge in [-0.2, -0.15) is 0 Å². The summed E-state index contributed by atoms with van der Waals surface area (Å²) < 4.78 is 11.5. The van der Waals surface area contributed by atoms with E-state index in [-0.39, 0.29) is 23.9 Å². The summed E-state index contributed by atoms with van der Waals surface area (Å²) >= 11 is 0. The second-order valence-electron chi connectivity index (χ2n) is 8.39. The van der Waals surface area contributed by atoms with Gasteiger partial charge in [-0.1, -0.05) is 0 Å². The largest absolute Gasteiger partial charge is 0.481 e. The lowest BCUT2D eigenvalue weighted by molar-refractivity contribution is -0.137. The van der Waals surface area contributed by atoms with E-state index < -0.39 is 6.10 Å². The van der Waals surface area contributed by atoms with E-state index in [4.69, 9.17) is 9.15 Å². The van der Waals surface area contributed by atoms with Crippen LogP contribution in [0, 0.1) is 11.8 Å².